The van der Waals surface area contributed by atoms with Crippen molar-refractivity contribution >= 4 is 26.7 Å². The lowest BCUT2D eigenvalue weighted by Gasteiger charge is -2.34. The maximum Gasteiger partial charge on any atom is 0.217 e. The van der Waals surface area contributed by atoms with Crippen molar-refractivity contribution in [1.29, 1.82) is 0 Å². The molecule has 8 heteroatoms. The number of benzene rings is 1. The number of piperazine rings is 1. The van der Waals surface area contributed by atoms with Gasteiger partial charge in [0.15, 0.2) is 0 Å². The van der Waals surface area contributed by atoms with Gasteiger partial charge in [-0.1, -0.05) is 42.7 Å². The van der Waals surface area contributed by atoms with Crippen molar-refractivity contribution in [2.24, 2.45) is 0 Å². The summed E-state index contributed by atoms with van der Waals surface area (Å²) in [7, 11) is -3.13. The van der Waals surface area contributed by atoms with Crippen molar-refractivity contribution < 1.29 is 8.42 Å². The zero-order chi connectivity index (χ0) is 18.9. The van der Waals surface area contributed by atoms with Crippen LogP contribution in [-0.4, -0.2) is 53.5 Å². The van der Waals surface area contributed by atoms with Crippen molar-refractivity contribution in [3.8, 4) is 0 Å². The lowest BCUT2D eigenvalue weighted by atomic mass is 10.1. The summed E-state index contributed by atoms with van der Waals surface area (Å²) in [6.07, 6.45) is 4.45. The first-order chi connectivity index (χ1) is 13.0. The summed E-state index contributed by atoms with van der Waals surface area (Å²) in [5.41, 5.74) is 2.45. The van der Waals surface area contributed by atoms with Crippen LogP contribution >= 0.6 is 11.5 Å². The van der Waals surface area contributed by atoms with Gasteiger partial charge in [0.25, 0.3) is 0 Å². The van der Waals surface area contributed by atoms with Crippen LogP contribution < -0.4 is 4.90 Å². The lowest BCUT2D eigenvalue weighted by Crippen LogP contribution is -2.50. The van der Waals surface area contributed by atoms with Gasteiger partial charge in [0.1, 0.15) is 5.82 Å². The molecule has 0 N–H and O–H groups in total. The van der Waals surface area contributed by atoms with Crippen molar-refractivity contribution in [1.82, 2.24) is 13.7 Å². The van der Waals surface area contributed by atoms with Crippen LogP contribution in [0.5, 0.6) is 0 Å². The van der Waals surface area contributed by atoms with Gasteiger partial charge in [-0.25, -0.2) is 13.4 Å². The second-order valence-corrected chi connectivity index (χ2v) is 10.4. The number of aromatic nitrogens is 2. The number of hydrogen-bond donors (Lipinski definition) is 0. The van der Waals surface area contributed by atoms with Crippen molar-refractivity contribution in [3.63, 3.8) is 0 Å². The summed E-state index contributed by atoms with van der Waals surface area (Å²) in [5.74, 6) is 0.833. The summed E-state index contributed by atoms with van der Waals surface area (Å²) in [6, 6.07) is 8.44. The standard InChI is InChI=1S/C19H26N4O2S2/c1-15-6-8-16(9-7-15)14-18-20-19(26-21-18)22-10-12-23(13-11-22)27(24,25)17-4-2-3-5-17/h6-9,17H,2-5,10-14H2,1H3. The van der Waals surface area contributed by atoms with E-state index in [0.717, 1.165) is 43.1 Å². The van der Waals surface area contributed by atoms with Gasteiger partial charge in [-0.15, -0.1) is 0 Å². The van der Waals surface area contributed by atoms with Gasteiger partial charge in [0.05, 0.1) is 5.25 Å². The van der Waals surface area contributed by atoms with Crippen LogP contribution in [-0.2, 0) is 16.4 Å². The molecule has 0 unspecified atom stereocenters. The minimum Gasteiger partial charge on any atom is -0.344 e. The van der Waals surface area contributed by atoms with Crippen LogP contribution in [0.25, 0.3) is 0 Å². The first kappa shape index (κ1) is 18.8. The van der Waals surface area contributed by atoms with Gasteiger partial charge in [-0.05, 0) is 25.3 Å². The molecule has 1 saturated heterocycles. The van der Waals surface area contributed by atoms with Crippen LogP contribution in [0.3, 0.4) is 0 Å². The van der Waals surface area contributed by atoms with Crippen LogP contribution in [0.1, 0.15) is 42.6 Å². The summed E-state index contributed by atoms with van der Waals surface area (Å²) in [4.78, 5) is 6.85. The average Bonchev–Trinajstić information content (AvgIpc) is 3.36. The van der Waals surface area contributed by atoms with Crippen molar-refractivity contribution in [2.75, 3.05) is 31.1 Å². The molecule has 1 aliphatic heterocycles. The van der Waals surface area contributed by atoms with E-state index in [4.69, 9.17) is 0 Å². The Labute approximate surface area is 165 Å². The molecule has 27 heavy (non-hydrogen) atoms. The molecule has 2 fully saturated rings. The third kappa shape index (κ3) is 4.17. The topological polar surface area (TPSA) is 66.4 Å². The van der Waals surface area contributed by atoms with Crippen molar-refractivity contribution in [2.45, 2.75) is 44.3 Å². The normalized spacial score (nSPS) is 19.7. The van der Waals surface area contributed by atoms with E-state index in [9.17, 15) is 8.42 Å². The molecule has 0 spiro atoms. The Morgan fingerprint density at radius 1 is 1.07 bits per heavy atom. The number of aryl methyl sites for hydroxylation is 1. The van der Waals surface area contributed by atoms with Gasteiger partial charge in [0.2, 0.25) is 15.2 Å². The van der Waals surface area contributed by atoms with E-state index in [1.807, 2.05) is 0 Å². The molecule has 1 saturated carbocycles. The zero-order valence-corrected chi connectivity index (χ0v) is 17.3. The van der Waals surface area contributed by atoms with Gasteiger partial charge >= 0.3 is 0 Å². The Balaban J connectivity index is 1.36. The highest BCUT2D eigenvalue weighted by atomic mass is 32.2. The second kappa shape index (κ2) is 7.85. The molecule has 2 aliphatic rings. The summed E-state index contributed by atoms with van der Waals surface area (Å²) in [6.45, 7) is 4.54. The fourth-order valence-electron chi connectivity index (χ4n) is 3.86. The van der Waals surface area contributed by atoms with Crippen LogP contribution in [0.4, 0.5) is 5.13 Å². The largest absolute Gasteiger partial charge is 0.344 e. The van der Waals surface area contributed by atoms with E-state index in [2.05, 4.69) is 45.4 Å². The molecule has 0 bridgehead atoms. The van der Waals surface area contributed by atoms with Gasteiger partial charge in [-0.2, -0.15) is 8.68 Å². The predicted octanol–water partition coefficient (Wildman–Crippen LogP) is 2.83. The zero-order valence-electron chi connectivity index (χ0n) is 15.7. The molecule has 1 aromatic heterocycles. The number of anilines is 1. The fourth-order valence-corrected chi connectivity index (χ4v) is 6.62. The van der Waals surface area contributed by atoms with Crippen LogP contribution in [0.2, 0.25) is 0 Å². The first-order valence-corrected chi connectivity index (χ1v) is 11.9. The van der Waals surface area contributed by atoms with Gasteiger partial charge in [0, 0.05) is 44.1 Å². The lowest BCUT2D eigenvalue weighted by molar-refractivity contribution is 0.378. The third-order valence-electron chi connectivity index (χ3n) is 5.53. The van der Waals surface area contributed by atoms with E-state index in [1.165, 1.54) is 22.7 Å². The van der Waals surface area contributed by atoms with Crippen molar-refractivity contribution in [3.05, 3.63) is 41.2 Å². The molecule has 146 valence electrons. The minimum absolute atomic E-state index is 0.160. The maximum absolute atomic E-state index is 12.7. The SMILES string of the molecule is Cc1ccc(Cc2nsc(N3CCN(S(=O)(=O)C4CCCC4)CC3)n2)cc1. The fraction of sp³-hybridized carbons (Fsp3) is 0.579. The van der Waals surface area contributed by atoms with Crippen LogP contribution in [0.15, 0.2) is 24.3 Å². The monoisotopic (exact) mass is 406 g/mol. The predicted molar refractivity (Wildman–Crippen MR) is 109 cm³/mol. The smallest absolute Gasteiger partial charge is 0.217 e. The number of hydrogen-bond acceptors (Lipinski definition) is 6. The highest BCUT2D eigenvalue weighted by Crippen LogP contribution is 2.28. The molecule has 2 aromatic rings. The molecular formula is C19H26N4O2S2. The molecule has 2 heterocycles. The third-order valence-corrected chi connectivity index (χ3v) is 8.75. The van der Waals surface area contributed by atoms with E-state index < -0.39 is 10.0 Å². The Morgan fingerprint density at radius 3 is 2.41 bits per heavy atom. The Hall–Kier alpha value is -1.51. The van der Waals surface area contributed by atoms with Gasteiger partial charge in [-0.3, -0.25) is 0 Å². The molecule has 1 aromatic carbocycles. The molecule has 0 radical (unpaired) electrons. The Bertz CT molecular complexity index is 865. The molecular weight excluding hydrogens is 380 g/mol. The molecule has 4 rings (SSSR count). The number of sulfonamides is 1. The van der Waals surface area contributed by atoms with E-state index >= 15 is 0 Å². The molecule has 0 atom stereocenters. The molecule has 1 aliphatic carbocycles. The quantitative estimate of drug-likeness (QED) is 0.764. The van der Waals surface area contributed by atoms with E-state index in [1.54, 1.807) is 4.31 Å². The Morgan fingerprint density at radius 2 is 1.74 bits per heavy atom. The minimum atomic E-state index is -3.13. The highest BCUT2D eigenvalue weighted by Gasteiger charge is 2.36. The molecule has 6 nitrogen and oxygen atoms in total. The summed E-state index contributed by atoms with van der Waals surface area (Å²) < 4.78 is 31.7. The maximum atomic E-state index is 12.7. The van der Waals surface area contributed by atoms with Gasteiger partial charge < -0.3 is 4.90 Å². The molecule has 0 amide bonds. The summed E-state index contributed by atoms with van der Waals surface area (Å²) in [5, 5.41) is 0.738. The van der Waals surface area contributed by atoms with E-state index in [-0.39, 0.29) is 5.25 Å². The Kier molecular flexibility index (Phi) is 5.48. The highest BCUT2D eigenvalue weighted by molar-refractivity contribution is 7.89. The second-order valence-electron chi connectivity index (χ2n) is 7.49. The number of nitrogens with zero attached hydrogens (tertiary/aromatic N) is 4. The van der Waals surface area contributed by atoms with E-state index in [0.29, 0.717) is 26.2 Å². The average molecular weight is 407 g/mol. The number of rotatable bonds is 5. The van der Waals surface area contributed by atoms with Crippen LogP contribution in [0, 0.1) is 6.92 Å². The first-order valence-electron chi connectivity index (χ1n) is 9.64. The summed E-state index contributed by atoms with van der Waals surface area (Å²) >= 11 is 1.41.